The van der Waals surface area contributed by atoms with Crippen molar-refractivity contribution < 1.29 is 9.59 Å². The minimum Gasteiger partial charge on any atom is -0.326 e. The third-order valence-corrected chi connectivity index (χ3v) is 6.68. The van der Waals surface area contributed by atoms with E-state index in [1.165, 1.54) is 24.9 Å². The number of nitrogens with zero attached hydrogens (tertiary/aromatic N) is 4. The lowest BCUT2D eigenvalue weighted by atomic mass is 10.2. The molecule has 1 aliphatic rings. The number of nitrogens with one attached hydrogen (secondary N) is 2. The fourth-order valence-electron chi connectivity index (χ4n) is 3.86. The van der Waals surface area contributed by atoms with Crippen molar-refractivity contribution in [2.45, 2.75) is 24.5 Å². The zero-order chi connectivity index (χ0) is 23.8. The molecule has 4 aromatic rings. The number of carbonyl (C=O) groups excluding carboxylic acids is 2. The number of thioether (sulfide) groups is 1. The van der Waals surface area contributed by atoms with Crippen LogP contribution in [-0.4, -0.2) is 36.9 Å². The third-order valence-electron chi connectivity index (χ3n) is 5.33. The zero-order valence-electron chi connectivity index (χ0n) is 18.0. The molecular weight excluding hydrogens is 476 g/mol. The predicted octanol–water partition coefficient (Wildman–Crippen LogP) is 3.87. The molecule has 172 valence electrons. The Hall–Kier alpha value is -3.63. The minimum absolute atomic E-state index is 0.114. The van der Waals surface area contributed by atoms with Crippen LogP contribution in [0.15, 0.2) is 64.7 Å². The fourth-order valence-corrected chi connectivity index (χ4v) is 5.11. The highest BCUT2D eigenvalue weighted by molar-refractivity contribution is 7.99. The van der Waals surface area contributed by atoms with Gasteiger partial charge in [0, 0.05) is 35.5 Å². The van der Waals surface area contributed by atoms with Gasteiger partial charge in [0.2, 0.25) is 11.8 Å². The Bertz CT molecular complexity index is 1480. The second-order valence-electron chi connectivity index (χ2n) is 7.82. The van der Waals surface area contributed by atoms with Crippen molar-refractivity contribution in [1.29, 1.82) is 0 Å². The van der Waals surface area contributed by atoms with Crippen LogP contribution in [0.1, 0.15) is 19.4 Å². The van der Waals surface area contributed by atoms with Crippen molar-refractivity contribution in [3.63, 3.8) is 0 Å². The predicted molar refractivity (Wildman–Crippen MR) is 132 cm³/mol. The Morgan fingerprint density at radius 2 is 1.88 bits per heavy atom. The van der Waals surface area contributed by atoms with Gasteiger partial charge in [0.15, 0.2) is 10.8 Å². The molecule has 2 amide bonds. The summed E-state index contributed by atoms with van der Waals surface area (Å²) in [5.41, 5.74) is 2.14. The van der Waals surface area contributed by atoms with Crippen LogP contribution in [0.5, 0.6) is 0 Å². The molecule has 5 rings (SSSR count). The molecule has 2 aromatic carbocycles. The first-order valence-corrected chi connectivity index (χ1v) is 11.8. The summed E-state index contributed by atoms with van der Waals surface area (Å²) in [5, 5.41) is 11.4. The molecule has 1 atom stereocenters. The number of rotatable bonds is 5. The molecular formula is C23H19ClN6O3S. The molecule has 0 fully saturated rings. The molecule has 3 heterocycles. The van der Waals surface area contributed by atoms with E-state index in [-0.39, 0.29) is 29.8 Å². The summed E-state index contributed by atoms with van der Waals surface area (Å²) in [4.78, 5) is 42.0. The maximum atomic E-state index is 13.3. The molecule has 0 spiro atoms. The Morgan fingerprint density at radius 1 is 1.15 bits per heavy atom. The summed E-state index contributed by atoms with van der Waals surface area (Å²) in [6, 6.07) is 13.7. The zero-order valence-corrected chi connectivity index (χ0v) is 19.6. The summed E-state index contributed by atoms with van der Waals surface area (Å²) in [6.07, 6.45) is 1.61. The Kier molecular flexibility index (Phi) is 5.84. The van der Waals surface area contributed by atoms with Crippen molar-refractivity contribution in [2.24, 2.45) is 0 Å². The van der Waals surface area contributed by atoms with Gasteiger partial charge in [-0.3, -0.25) is 19.0 Å². The smallest absolute Gasteiger partial charge is 0.265 e. The first-order valence-electron chi connectivity index (χ1n) is 10.5. The van der Waals surface area contributed by atoms with Crippen LogP contribution in [0.25, 0.3) is 16.7 Å². The van der Waals surface area contributed by atoms with Gasteiger partial charge in [-0.2, -0.15) is 5.10 Å². The van der Waals surface area contributed by atoms with E-state index in [2.05, 4.69) is 20.7 Å². The van der Waals surface area contributed by atoms with Crippen LogP contribution in [0, 0.1) is 0 Å². The standard InChI is InChI=1S/C23H19ClN6O3S/c1-13(31)26-15-3-2-4-16(9-15)27-20(32)10-18-12-34-23-28-21-19(22(33)29(18)23)11-25-30(21)17-7-5-14(24)6-8-17/h2-9,11,18H,10,12H2,1H3,(H,26,31)(H,27,32). The highest BCUT2D eigenvalue weighted by atomic mass is 35.5. The average Bonchev–Trinajstić information content (AvgIpc) is 3.39. The first kappa shape index (κ1) is 22.2. The van der Waals surface area contributed by atoms with Crippen LogP contribution < -0.4 is 16.2 Å². The summed E-state index contributed by atoms with van der Waals surface area (Å²) >= 11 is 7.41. The van der Waals surface area contributed by atoms with Gasteiger partial charge in [-0.25, -0.2) is 9.67 Å². The molecule has 11 heteroatoms. The van der Waals surface area contributed by atoms with Crippen LogP contribution in [0.2, 0.25) is 5.02 Å². The van der Waals surface area contributed by atoms with Crippen LogP contribution in [0.4, 0.5) is 11.4 Å². The molecule has 0 radical (unpaired) electrons. The van der Waals surface area contributed by atoms with E-state index in [9.17, 15) is 14.4 Å². The molecule has 1 unspecified atom stereocenters. The van der Waals surface area contributed by atoms with E-state index < -0.39 is 0 Å². The lowest BCUT2D eigenvalue weighted by Crippen LogP contribution is -2.27. The SMILES string of the molecule is CC(=O)Nc1cccc(NC(=O)CC2CSc3nc4c(cnn4-c4ccc(Cl)cc4)c(=O)n32)c1. The third kappa shape index (κ3) is 4.29. The van der Waals surface area contributed by atoms with Crippen molar-refractivity contribution >= 4 is 57.6 Å². The Labute approximate surface area is 203 Å². The van der Waals surface area contributed by atoms with Crippen molar-refractivity contribution in [3.05, 3.63) is 70.1 Å². The van der Waals surface area contributed by atoms with Crippen LogP contribution in [-0.2, 0) is 9.59 Å². The van der Waals surface area contributed by atoms with Crippen molar-refractivity contribution in [2.75, 3.05) is 16.4 Å². The number of fused-ring (bicyclic) bond motifs is 2. The lowest BCUT2D eigenvalue weighted by Gasteiger charge is -2.14. The number of hydrogen-bond donors (Lipinski definition) is 2. The van der Waals surface area contributed by atoms with Crippen LogP contribution in [0.3, 0.4) is 0 Å². The van der Waals surface area contributed by atoms with Gasteiger partial charge in [-0.15, -0.1) is 0 Å². The molecule has 0 saturated carbocycles. The molecule has 0 aliphatic carbocycles. The Balaban J connectivity index is 1.38. The van der Waals surface area contributed by atoms with Crippen LogP contribution >= 0.6 is 23.4 Å². The van der Waals surface area contributed by atoms with Gasteiger partial charge in [0.1, 0.15) is 5.39 Å². The van der Waals surface area contributed by atoms with E-state index in [1.807, 2.05) is 12.1 Å². The van der Waals surface area contributed by atoms with Gasteiger partial charge in [0.05, 0.1) is 17.9 Å². The maximum Gasteiger partial charge on any atom is 0.265 e. The van der Waals surface area contributed by atoms with Gasteiger partial charge in [-0.1, -0.05) is 29.4 Å². The molecule has 9 nitrogen and oxygen atoms in total. The number of anilines is 2. The largest absolute Gasteiger partial charge is 0.326 e. The van der Waals surface area contributed by atoms with Gasteiger partial charge in [-0.05, 0) is 42.5 Å². The molecule has 0 saturated heterocycles. The molecule has 2 N–H and O–H groups in total. The Morgan fingerprint density at radius 3 is 2.62 bits per heavy atom. The van der Waals surface area contributed by atoms with E-state index >= 15 is 0 Å². The number of aromatic nitrogens is 4. The molecule has 1 aliphatic heterocycles. The van der Waals surface area contributed by atoms with Crippen molar-refractivity contribution in [3.8, 4) is 5.69 Å². The second kappa shape index (κ2) is 8.96. The van der Waals surface area contributed by atoms with E-state index in [1.54, 1.807) is 45.6 Å². The number of carbonyl (C=O) groups is 2. The minimum atomic E-state index is -0.332. The summed E-state index contributed by atoms with van der Waals surface area (Å²) in [5.74, 6) is 0.130. The van der Waals surface area contributed by atoms with Crippen molar-refractivity contribution in [1.82, 2.24) is 19.3 Å². The normalized spacial score (nSPS) is 14.7. The summed E-state index contributed by atoms with van der Waals surface area (Å²) in [6.45, 7) is 1.42. The second-order valence-corrected chi connectivity index (χ2v) is 9.24. The summed E-state index contributed by atoms with van der Waals surface area (Å²) in [7, 11) is 0. The van der Waals surface area contributed by atoms with Gasteiger partial charge >= 0.3 is 0 Å². The highest BCUT2D eigenvalue weighted by Crippen LogP contribution is 2.33. The number of halogens is 1. The first-order chi connectivity index (χ1) is 16.4. The molecule has 2 aromatic heterocycles. The molecule has 0 bridgehead atoms. The highest BCUT2D eigenvalue weighted by Gasteiger charge is 2.29. The van der Waals surface area contributed by atoms with E-state index in [0.717, 1.165) is 5.69 Å². The van der Waals surface area contributed by atoms with E-state index in [0.29, 0.717) is 38.3 Å². The average molecular weight is 495 g/mol. The maximum absolute atomic E-state index is 13.3. The topological polar surface area (TPSA) is 111 Å². The quantitative estimate of drug-likeness (QED) is 0.407. The summed E-state index contributed by atoms with van der Waals surface area (Å²) < 4.78 is 3.19. The molecule has 34 heavy (non-hydrogen) atoms. The van der Waals surface area contributed by atoms with Gasteiger partial charge < -0.3 is 10.6 Å². The number of benzene rings is 2. The monoisotopic (exact) mass is 494 g/mol. The van der Waals surface area contributed by atoms with Gasteiger partial charge in [0.25, 0.3) is 5.56 Å². The number of hydrogen-bond acceptors (Lipinski definition) is 6. The number of amides is 2. The van der Waals surface area contributed by atoms with E-state index in [4.69, 9.17) is 11.6 Å². The fraction of sp³-hybridized carbons (Fsp3) is 0.174. The lowest BCUT2D eigenvalue weighted by molar-refractivity contribution is -0.117.